The molecular weight excluding hydrogens is 546 g/mol. The van der Waals surface area contributed by atoms with Gasteiger partial charge in [-0.3, -0.25) is 9.59 Å². The van der Waals surface area contributed by atoms with Crippen molar-refractivity contribution in [2.24, 2.45) is 0 Å². The van der Waals surface area contributed by atoms with Gasteiger partial charge >= 0.3 is 12.4 Å². The molecule has 1 fully saturated rings. The van der Waals surface area contributed by atoms with Gasteiger partial charge < -0.3 is 10.2 Å². The number of carbonyl (C=O) groups is 2. The molecule has 0 aromatic heterocycles. The van der Waals surface area contributed by atoms with E-state index in [9.17, 15) is 35.9 Å². The zero-order valence-electron chi connectivity index (χ0n) is 21.4. The zero-order chi connectivity index (χ0) is 29.0. The molecule has 2 amide bonds. The monoisotopic (exact) mass is 574 g/mol. The standard InChI is InChI=1S/C28H29ClF6N2O2/c1-17(12-25(38)36-23-6-4-3-5-7-23)24(13-18-8-10-22(29)11-9-18)37(2)26(39)19-14-20(27(30,31)32)16-21(15-19)28(33,34)35/h8-12,14-16,23-24H,3-7,13H2,1-2H3,(H,36,38)/t24-/m1/s1. The summed E-state index contributed by atoms with van der Waals surface area (Å²) >= 11 is 5.96. The van der Waals surface area contributed by atoms with Crippen LogP contribution in [0.3, 0.4) is 0 Å². The summed E-state index contributed by atoms with van der Waals surface area (Å²) in [6, 6.07) is 6.58. The van der Waals surface area contributed by atoms with Crippen molar-refractivity contribution in [2.45, 2.75) is 69.9 Å². The smallest absolute Gasteiger partial charge is 0.350 e. The van der Waals surface area contributed by atoms with Gasteiger partial charge in [-0.25, -0.2) is 0 Å². The molecule has 212 valence electrons. The summed E-state index contributed by atoms with van der Waals surface area (Å²) < 4.78 is 80.3. The molecule has 3 rings (SSSR count). The fourth-order valence-electron chi connectivity index (χ4n) is 4.66. The number of hydrogen-bond acceptors (Lipinski definition) is 2. The number of alkyl halides is 6. The fraction of sp³-hybridized carbons (Fsp3) is 0.429. The number of amides is 2. The number of hydrogen-bond donors (Lipinski definition) is 1. The average molecular weight is 575 g/mol. The lowest BCUT2D eigenvalue weighted by molar-refractivity contribution is -0.143. The molecule has 39 heavy (non-hydrogen) atoms. The minimum absolute atomic E-state index is 0.0234. The van der Waals surface area contributed by atoms with E-state index in [0.717, 1.165) is 37.0 Å². The maximum atomic E-state index is 13.4. The highest BCUT2D eigenvalue weighted by atomic mass is 35.5. The normalized spacial score (nSPS) is 16.1. The molecule has 0 spiro atoms. The van der Waals surface area contributed by atoms with Crippen molar-refractivity contribution in [1.29, 1.82) is 0 Å². The van der Waals surface area contributed by atoms with Gasteiger partial charge in [-0.2, -0.15) is 26.3 Å². The van der Waals surface area contributed by atoms with Crippen LogP contribution >= 0.6 is 11.6 Å². The molecule has 1 saturated carbocycles. The number of carbonyl (C=O) groups excluding carboxylic acids is 2. The Kier molecular flexibility index (Phi) is 9.74. The van der Waals surface area contributed by atoms with Crippen molar-refractivity contribution < 1.29 is 35.9 Å². The van der Waals surface area contributed by atoms with Crippen LogP contribution in [-0.2, 0) is 23.6 Å². The first-order valence-electron chi connectivity index (χ1n) is 12.4. The van der Waals surface area contributed by atoms with Crippen LogP contribution in [0, 0.1) is 0 Å². The SMILES string of the molecule is CC(=CC(=O)NC1CCCCC1)[C@@H](Cc1ccc(Cl)cc1)N(C)C(=O)c1cc(C(F)(F)F)cc(C(F)(F)F)c1. The second-order valence-corrected chi connectivity index (χ2v) is 10.2. The van der Waals surface area contributed by atoms with Crippen LogP contribution in [0.15, 0.2) is 54.1 Å². The molecule has 2 aromatic carbocycles. The quantitative estimate of drug-likeness (QED) is 0.276. The van der Waals surface area contributed by atoms with E-state index < -0.39 is 41.0 Å². The number of nitrogens with zero attached hydrogens (tertiary/aromatic N) is 1. The fourth-order valence-corrected chi connectivity index (χ4v) is 4.79. The van der Waals surface area contributed by atoms with E-state index in [-0.39, 0.29) is 24.4 Å². The van der Waals surface area contributed by atoms with Gasteiger partial charge in [0.25, 0.3) is 5.91 Å². The summed E-state index contributed by atoms with van der Waals surface area (Å²) in [7, 11) is 1.28. The van der Waals surface area contributed by atoms with Crippen LogP contribution in [-0.4, -0.2) is 35.8 Å². The molecular formula is C28H29ClF6N2O2. The lowest BCUT2D eigenvalue weighted by atomic mass is 9.95. The largest absolute Gasteiger partial charge is 0.416 e. The molecule has 1 aliphatic carbocycles. The third-order valence-corrected chi connectivity index (χ3v) is 7.05. The molecule has 0 aliphatic heterocycles. The van der Waals surface area contributed by atoms with Crippen LogP contribution in [0.25, 0.3) is 0 Å². The summed E-state index contributed by atoms with van der Waals surface area (Å²) in [6.45, 7) is 1.60. The maximum absolute atomic E-state index is 13.4. The van der Waals surface area contributed by atoms with E-state index in [1.807, 2.05) is 0 Å². The third kappa shape index (κ3) is 8.49. The van der Waals surface area contributed by atoms with Crippen LogP contribution in [0.2, 0.25) is 5.02 Å². The van der Waals surface area contributed by atoms with Gasteiger partial charge in [-0.15, -0.1) is 0 Å². The zero-order valence-corrected chi connectivity index (χ0v) is 22.2. The minimum atomic E-state index is -5.09. The van der Waals surface area contributed by atoms with Crippen molar-refractivity contribution in [3.63, 3.8) is 0 Å². The van der Waals surface area contributed by atoms with E-state index in [1.54, 1.807) is 31.2 Å². The number of nitrogens with one attached hydrogen (secondary N) is 1. The van der Waals surface area contributed by atoms with Gasteiger partial charge in [-0.1, -0.05) is 43.0 Å². The van der Waals surface area contributed by atoms with Crippen molar-refractivity contribution >= 4 is 23.4 Å². The summed E-state index contributed by atoms with van der Waals surface area (Å²) in [6.07, 6.45) is -3.92. The summed E-state index contributed by atoms with van der Waals surface area (Å²) in [5.41, 5.74) is -2.81. The second-order valence-electron chi connectivity index (χ2n) is 9.79. The third-order valence-electron chi connectivity index (χ3n) is 6.80. The Morgan fingerprint density at radius 2 is 1.51 bits per heavy atom. The van der Waals surface area contributed by atoms with Crippen LogP contribution < -0.4 is 5.32 Å². The van der Waals surface area contributed by atoms with Crippen molar-refractivity contribution in [3.8, 4) is 0 Å². The Morgan fingerprint density at radius 3 is 2.03 bits per heavy atom. The Hall–Kier alpha value is -3.01. The highest BCUT2D eigenvalue weighted by Crippen LogP contribution is 2.36. The van der Waals surface area contributed by atoms with E-state index in [2.05, 4.69) is 5.32 Å². The lowest BCUT2D eigenvalue weighted by Crippen LogP contribution is -2.41. The first kappa shape index (κ1) is 30.5. The van der Waals surface area contributed by atoms with Gasteiger partial charge in [0.05, 0.1) is 17.2 Å². The Labute approximate surface area is 228 Å². The molecule has 1 N–H and O–H groups in total. The van der Waals surface area contributed by atoms with Crippen molar-refractivity contribution in [3.05, 3.63) is 81.4 Å². The molecule has 1 aliphatic rings. The Balaban J connectivity index is 1.96. The molecule has 1 atom stereocenters. The van der Waals surface area contributed by atoms with Gasteiger partial charge in [0.2, 0.25) is 5.91 Å². The predicted octanol–water partition coefficient (Wildman–Crippen LogP) is 7.46. The van der Waals surface area contributed by atoms with E-state index in [0.29, 0.717) is 28.3 Å². The second kappa shape index (κ2) is 12.4. The minimum Gasteiger partial charge on any atom is -0.350 e. The Bertz CT molecular complexity index is 1170. The number of rotatable bonds is 7. The van der Waals surface area contributed by atoms with Gasteiger partial charge in [0.1, 0.15) is 0 Å². The van der Waals surface area contributed by atoms with Gasteiger partial charge in [-0.05, 0) is 67.7 Å². The Morgan fingerprint density at radius 1 is 0.974 bits per heavy atom. The van der Waals surface area contributed by atoms with Crippen LogP contribution in [0.5, 0.6) is 0 Å². The van der Waals surface area contributed by atoms with Crippen LogP contribution in [0.1, 0.15) is 66.1 Å². The highest BCUT2D eigenvalue weighted by Gasteiger charge is 2.38. The molecule has 0 unspecified atom stereocenters. The molecule has 2 aromatic rings. The van der Waals surface area contributed by atoms with Crippen molar-refractivity contribution in [2.75, 3.05) is 7.05 Å². The number of benzene rings is 2. The first-order valence-corrected chi connectivity index (χ1v) is 12.8. The first-order chi connectivity index (χ1) is 18.1. The maximum Gasteiger partial charge on any atom is 0.416 e. The number of likely N-dealkylation sites (N-methyl/N-ethyl adjacent to an activating group) is 1. The number of halogens is 7. The summed E-state index contributed by atoms with van der Waals surface area (Å²) in [4.78, 5) is 27.1. The van der Waals surface area contributed by atoms with Crippen molar-refractivity contribution in [1.82, 2.24) is 10.2 Å². The summed E-state index contributed by atoms with van der Waals surface area (Å²) in [5, 5.41) is 3.40. The predicted molar refractivity (Wildman–Crippen MR) is 136 cm³/mol. The topological polar surface area (TPSA) is 49.4 Å². The van der Waals surface area contributed by atoms with E-state index in [4.69, 9.17) is 11.6 Å². The van der Waals surface area contributed by atoms with E-state index in [1.165, 1.54) is 13.1 Å². The highest BCUT2D eigenvalue weighted by molar-refractivity contribution is 6.30. The van der Waals surface area contributed by atoms with E-state index >= 15 is 0 Å². The van der Waals surface area contributed by atoms with Gasteiger partial charge in [0.15, 0.2) is 0 Å². The van der Waals surface area contributed by atoms with Crippen LogP contribution in [0.4, 0.5) is 26.3 Å². The average Bonchev–Trinajstić information content (AvgIpc) is 2.86. The molecule has 0 radical (unpaired) electrons. The molecule has 0 saturated heterocycles. The molecule has 4 nitrogen and oxygen atoms in total. The lowest BCUT2D eigenvalue weighted by Gasteiger charge is -2.30. The van der Waals surface area contributed by atoms with Gasteiger partial charge in [0, 0.05) is 29.8 Å². The summed E-state index contributed by atoms with van der Waals surface area (Å²) in [5.74, 6) is -1.43. The molecule has 0 heterocycles. The molecule has 11 heteroatoms. The molecule has 0 bridgehead atoms.